The van der Waals surface area contributed by atoms with E-state index >= 15 is 0 Å². The lowest BCUT2D eigenvalue weighted by molar-refractivity contribution is -0.137. The number of aromatic amines is 2. The molecule has 0 unspecified atom stereocenters. The molecule has 0 amide bonds. The number of alkyl halides is 3. The number of aryl methyl sites for hydroxylation is 3. The molecule has 144 valence electrons. The van der Waals surface area contributed by atoms with E-state index in [2.05, 4.69) is 21.9 Å². The maximum atomic E-state index is 13.3. The largest absolute Gasteiger partial charge is 0.416 e. The lowest BCUT2D eigenvalue weighted by Crippen LogP contribution is -2.04. The molecular formula is C21H24F3N3. The number of H-pyrrole nitrogens is 2. The summed E-state index contributed by atoms with van der Waals surface area (Å²) in [4.78, 5) is 10.8. The zero-order chi connectivity index (χ0) is 19.6. The van der Waals surface area contributed by atoms with E-state index in [4.69, 9.17) is 0 Å². The highest BCUT2D eigenvalue weighted by molar-refractivity contribution is 5.94. The molecule has 3 aromatic rings. The van der Waals surface area contributed by atoms with Crippen LogP contribution in [-0.2, 0) is 12.6 Å². The van der Waals surface area contributed by atoms with Crippen molar-refractivity contribution in [3.8, 4) is 0 Å². The molecule has 0 spiro atoms. The summed E-state index contributed by atoms with van der Waals surface area (Å²) in [6, 6.07) is 6.08. The molecule has 1 aromatic carbocycles. The van der Waals surface area contributed by atoms with Gasteiger partial charge in [0.15, 0.2) is 0 Å². The Morgan fingerprint density at radius 3 is 2.44 bits per heavy atom. The number of aliphatic imine (C=N–C) groups is 1. The van der Waals surface area contributed by atoms with Crippen molar-refractivity contribution >= 4 is 22.8 Å². The average molecular weight is 375 g/mol. The Hall–Kier alpha value is -2.50. The van der Waals surface area contributed by atoms with Gasteiger partial charge in [-0.1, -0.05) is 19.8 Å². The Kier molecular flexibility index (Phi) is 5.44. The Morgan fingerprint density at radius 2 is 1.81 bits per heavy atom. The minimum atomic E-state index is -4.41. The fourth-order valence-electron chi connectivity index (χ4n) is 3.27. The first-order chi connectivity index (χ1) is 12.8. The predicted molar refractivity (Wildman–Crippen MR) is 104 cm³/mol. The summed E-state index contributed by atoms with van der Waals surface area (Å²) in [6.45, 7) is 5.99. The first kappa shape index (κ1) is 19.3. The van der Waals surface area contributed by atoms with Crippen molar-refractivity contribution in [2.45, 2.75) is 52.6 Å². The first-order valence-electron chi connectivity index (χ1n) is 9.21. The first-order valence-corrected chi connectivity index (χ1v) is 9.21. The topological polar surface area (TPSA) is 43.9 Å². The molecular weight excluding hydrogens is 351 g/mol. The van der Waals surface area contributed by atoms with Gasteiger partial charge in [0, 0.05) is 16.8 Å². The van der Waals surface area contributed by atoms with E-state index in [9.17, 15) is 13.2 Å². The predicted octanol–water partition coefficient (Wildman–Crippen LogP) is 6.61. The summed E-state index contributed by atoms with van der Waals surface area (Å²) in [5.41, 5.74) is 4.00. The molecule has 0 bridgehead atoms. The molecule has 0 fully saturated rings. The lowest BCUT2D eigenvalue weighted by atomic mass is 10.1. The molecule has 0 aliphatic carbocycles. The standard InChI is InChI=1S/C21H24F3N3/c1-4-5-6-7-17-10-15-9-16(21(22,23)24)11-18(20(15)27-17)25-12-19-13(2)8-14(3)26-19/h8-12,26-27H,4-7H2,1-3H3. The van der Waals surface area contributed by atoms with Crippen LogP contribution in [0.1, 0.15) is 54.4 Å². The van der Waals surface area contributed by atoms with Gasteiger partial charge in [0.05, 0.1) is 28.7 Å². The van der Waals surface area contributed by atoms with Crippen LogP contribution in [0.5, 0.6) is 0 Å². The van der Waals surface area contributed by atoms with Crippen LogP contribution in [0.2, 0.25) is 0 Å². The number of aromatic nitrogens is 2. The SMILES string of the molecule is CCCCCc1cc2cc(C(F)(F)F)cc(N=Cc3[nH]c(C)cc3C)c2[nH]1. The number of nitrogens with one attached hydrogen (secondary N) is 2. The maximum Gasteiger partial charge on any atom is 0.416 e. The number of unbranched alkanes of at least 4 members (excludes halogenated alkanes) is 2. The van der Waals surface area contributed by atoms with Crippen molar-refractivity contribution in [2.75, 3.05) is 0 Å². The molecule has 3 rings (SSSR count). The molecule has 0 saturated carbocycles. The molecule has 2 aromatic heterocycles. The van der Waals surface area contributed by atoms with Crippen molar-refractivity contribution < 1.29 is 13.2 Å². The fourth-order valence-corrected chi connectivity index (χ4v) is 3.27. The molecule has 0 aliphatic heterocycles. The minimum absolute atomic E-state index is 0.299. The summed E-state index contributed by atoms with van der Waals surface area (Å²) in [5.74, 6) is 0. The summed E-state index contributed by atoms with van der Waals surface area (Å²) >= 11 is 0. The van der Waals surface area contributed by atoms with Crippen LogP contribution in [0, 0.1) is 13.8 Å². The zero-order valence-corrected chi connectivity index (χ0v) is 15.8. The van der Waals surface area contributed by atoms with E-state index in [0.717, 1.165) is 54.4 Å². The Bertz CT molecular complexity index is 961. The molecule has 6 heteroatoms. The van der Waals surface area contributed by atoms with Crippen LogP contribution in [0.4, 0.5) is 18.9 Å². The average Bonchev–Trinajstić information content (AvgIpc) is 3.14. The normalized spacial score (nSPS) is 12.5. The number of rotatable bonds is 6. The summed E-state index contributed by atoms with van der Waals surface area (Å²) in [5, 5.41) is 0.544. The molecule has 3 nitrogen and oxygen atoms in total. The Labute approximate surface area is 156 Å². The van der Waals surface area contributed by atoms with E-state index < -0.39 is 11.7 Å². The summed E-state index contributed by atoms with van der Waals surface area (Å²) < 4.78 is 39.9. The second-order valence-corrected chi connectivity index (χ2v) is 7.02. The van der Waals surface area contributed by atoms with Crippen LogP contribution in [0.3, 0.4) is 0 Å². The second kappa shape index (κ2) is 7.62. The van der Waals surface area contributed by atoms with Crippen LogP contribution < -0.4 is 0 Å². The van der Waals surface area contributed by atoms with Crippen molar-refractivity contribution in [1.82, 2.24) is 9.97 Å². The highest BCUT2D eigenvalue weighted by Gasteiger charge is 2.31. The van der Waals surface area contributed by atoms with E-state index in [1.165, 1.54) is 6.07 Å². The summed E-state index contributed by atoms with van der Waals surface area (Å²) in [7, 11) is 0. The van der Waals surface area contributed by atoms with Gasteiger partial charge in [-0.15, -0.1) is 0 Å². The van der Waals surface area contributed by atoms with Crippen LogP contribution in [-0.4, -0.2) is 16.2 Å². The van der Waals surface area contributed by atoms with Gasteiger partial charge in [0.1, 0.15) is 0 Å². The molecule has 2 N–H and O–H groups in total. The van der Waals surface area contributed by atoms with E-state index in [0.29, 0.717) is 16.6 Å². The molecule has 0 aliphatic rings. The van der Waals surface area contributed by atoms with Gasteiger partial charge in [-0.05, 0) is 56.5 Å². The quantitative estimate of drug-likeness (QED) is 0.359. The number of nitrogens with zero attached hydrogens (tertiary/aromatic N) is 1. The molecule has 2 heterocycles. The van der Waals surface area contributed by atoms with Crippen molar-refractivity contribution in [1.29, 1.82) is 0 Å². The van der Waals surface area contributed by atoms with Crippen LogP contribution in [0.25, 0.3) is 10.9 Å². The van der Waals surface area contributed by atoms with Gasteiger partial charge in [0.25, 0.3) is 0 Å². The van der Waals surface area contributed by atoms with Crippen LogP contribution in [0.15, 0.2) is 29.3 Å². The number of halogens is 3. The van der Waals surface area contributed by atoms with Gasteiger partial charge in [-0.25, -0.2) is 0 Å². The van der Waals surface area contributed by atoms with Gasteiger partial charge in [-0.2, -0.15) is 13.2 Å². The Balaban J connectivity index is 2.03. The lowest BCUT2D eigenvalue weighted by Gasteiger charge is -2.08. The smallest absolute Gasteiger partial charge is 0.358 e. The van der Waals surface area contributed by atoms with Crippen molar-refractivity contribution in [3.05, 3.63) is 52.5 Å². The van der Waals surface area contributed by atoms with Gasteiger partial charge < -0.3 is 9.97 Å². The number of hydrogen-bond acceptors (Lipinski definition) is 1. The van der Waals surface area contributed by atoms with E-state index in [1.807, 2.05) is 26.0 Å². The fraction of sp³-hybridized carbons (Fsp3) is 0.381. The third-order valence-electron chi connectivity index (χ3n) is 4.66. The third-order valence-corrected chi connectivity index (χ3v) is 4.66. The van der Waals surface area contributed by atoms with Crippen LogP contribution >= 0.6 is 0 Å². The monoisotopic (exact) mass is 375 g/mol. The van der Waals surface area contributed by atoms with Gasteiger partial charge in [0.2, 0.25) is 0 Å². The molecule has 0 atom stereocenters. The molecule has 0 radical (unpaired) electrons. The molecule has 27 heavy (non-hydrogen) atoms. The number of hydrogen-bond donors (Lipinski definition) is 2. The van der Waals surface area contributed by atoms with E-state index in [1.54, 1.807) is 6.21 Å². The number of benzene rings is 1. The summed E-state index contributed by atoms with van der Waals surface area (Å²) in [6.07, 6.45) is 1.21. The highest BCUT2D eigenvalue weighted by Crippen LogP contribution is 2.36. The van der Waals surface area contributed by atoms with Crippen molar-refractivity contribution in [3.63, 3.8) is 0 Å². The zero-order valence-electron chi connectivity index (χ0n) is 15.8. The van der Waals surface area contributed by atoms with Crippen molar-refractivity contribution in [2.24, 2.45) is 4.99 Å². The second-order valence-electron chi connectivity index (χ2n) is 7.02. The number of fused-ring (bicyclic) bond motifs is 1. The Morgan fingerprint density at radius 1 is 1.04 bits per heavy atom. The van der Waals surface area contributed by atoms with Gasteiger partial charge >= 0.3 is 6.18 Å². The van der Waals surface area contributed by atoms with E-state index in [-0.39, 0.29) is 0 Å². The maximum absolute atomic E-state index is 13.3. The minimum Gasteiger partial charge on any atom is -0.358 e. The third kappa shape index (κ3) is 4.43. The highest BCUT2D eigenvalue weighted by atomic mass is 19.4. The van der Waals surface area contributed by atoms with Gasteiger partial charge in [-0.3, -0.25) is 4.99 Å². The molecule has 0 saturated heterocycles.